The van der Waals surface area contributed by atoms with E-state index in [-0.39, 0.29) is 42.9 Å². The molecule has 5 rings (SSSR count). The molecule has 0 spiro atoms. The van der Waals surface area contributed by atoms with Crippen LogP contribution in [0.2, 0.25) is 5.02 Å². The van der Waals surface area contributed by atoms with Gasteiger partial charge in [0.1, 0.15) is 0 Å². The highest BCUT2D eigenvalue weighted by molar-refractivity contribution is 7.89. The predicted octanol–water partition coefficient (Wildman–Crippen LogP) is 3.74. The summed E-state index contributed by atoms with van der Waals surface area (Å²) in [7, 11) is -3.98. The van der Waals surface area contributed by atoms with Crippen LogP contribution in [0.15, 0.2) is 72.0 Å². The van der Waals surface area contributed by atoms with Crippen LogP contribution in [0.5, 0.6) is 5.75 Å². The van der Waals surface area contributed by atoms with Gasteiger partial charge in [-0.25, -0.2) is 8.42 Å². The van der Waals surface area contributed by atoms with Crippen molar-refractivity contribution in [2.75, 3.05) is 26.2 Å². The number of rotatable bonds is 4. The number of aromatic nitrogens is 2. The maximum absolute atomic E-state index is 13.2. The summed E-state index contributed by atoms with van der Waals surface area (Å²) in [4.78, 5) is 21.4. The number of aromatic hydroxyl groups is 1. The van der Waals surface area contributed by atoms with Gasteiger partial charge in [-0.3, -0.25) is 9.78 Å². The lowest BCUT2D eigenvalue weighted by molar-refractivity contribution is 0.0697. The quantitative estimate of drug-likeness (QED) is 0.447. The first-order valence-electron chi connectivity index (χ1n) is 10.6. The molecular weight excluding hydrogens is 476 g/mol. The first-order valence-corrected chi connectivity index (χ1v) is 12.5. The summed E-state index contributed by atoms with van der Waals surface area (Å²) in [5, 5.41) is 11.0. The number of carbonyl (C=O) groups is 1. The maximum Gasteiger partial charge on any atom is 0.262 e. The van der Waals surface area contributed by atoms with E-state index in [2.05, 4.69) is 9.97 Å². The Morgan fingerprint density at radius 2 is 1.59 bits per heavy atom. The van der Waals surface area contributed by atoms with Crippen molar-refractivity contribution in [3.8, 4) is 16.9 Å². The number of nitrogens with one attached hydrogen (secondary N) is 1. The highest BCUT2D eigenvalue weighted by Gasteiger charge is 2.34. The van der Waals surface area contributed by atoms with Gasteiger partial charge in [0, 0.05) is 54.5 Å². The van der Waals surface area contributed by atoms with E-state index in [4.69, 9.17) is 11.6 Å². The Bertz CT molecular complexity index is 1460. The molecule has 2 aromatic carbocycles. The fourth-order valence-electron chi connectivity index (χ4n) is 4.10. The van der Waals surface area contributed by atoms with E-state index in [1.807, 2.05) is 24.3 Å². The first-order chi connectivity index (χ1) is 16.3. The number of piperazine rings is 1. The van der Waals surface area contributed by atoms with E-state index in [0.29, 0.717) is 21.5 Å². The Kier molecular flexibility index (Phi) is 5.76. The van der Waals surface area contributed by atoms with Crippen LogP contribution in [0, 0.1) is 0 Å². The van der Waals surface area contributed by atoms with E-state index in [1.165, 1.54) is 10.4 Å². The fourth-order valence-corrected chi connectivity index (χ4v) is 5.77. The molecule has 34 heavy (non-hydrogen) atoms. The smallest absolute Gasteiger partial charge is 0.262 e. The number of halogens is 1. The van der Waals surface area contributed by atoms with Gasteiger partial charge in [0.25, 0.3) is 15.9 Å². The summed E-state index contributed by atoms with van der Waals surface area (Å²) in [5.74, 6) is -0.508. The number of benzene rings is 2. The third-order valence-corrected chi connectivity index (χ3v) is 8.06. The maximum atomic E-state index is 13.2. The van der Waals surface area contributed by atoms with Crippen LogP contribution < -0.4 is 0 Å². The summed E-state index contributed by atoms with van der Waals surface area (Å²) < 4.78 is 27.6. The molecule has 1 amide bonds. The largest absolute Gasteiger partial charge is 0.504 e. The number of amides is 1. The predicted molar refractivity (Wildman–Crippen MR) is 129 cm³/mol. The number of hydrogen-bond donors (Lipinski definition) is 2. The fraction of sp³-hybridized carbons (Fsp3) is 0.167. The number of aromatic amines is 1. The second kappa shape index (κ2) is 8.75. The van der Waals surface area contributed by atoms with Crippen molar-refractivity contribution in [2.24, 2.45) is 0 Å². The Labute approximate surface area is 201 Å². The Balaban J connectivity index is 1.29. The summed E-state index contributed by atoms with van der Waals surface area (Å²) in [6.45, 7) is 0.742. The van der Waals surface area contributed by atoms with E-state index in [1.54, 1.807) is 41.6 Å². The van der Waals surface area contributed by atoms with Crippen LogP contribution in [0.25, 0.3) is 22.0 Å². The molecule has 2 aromatic heterocycles. The molecule has 4 aromatic rings. The molecule has 0 saturated carbocycles. The van der Waals surface area contributed by atoms with Crippen LogP contribution >= 0.6 is 11.6 Å². The minimum atomic E-state index is -3.98. The summed E-state index contributed by atoms with van der Waals surface area (Å²) in [6.07, 6.45) is 3.43. The van der Waals surface area contributed by atoms with Crippen molar-refractivity contribution < 1.29 is 18.3 Å². The highest BCUT2D eigenvalue weighted by Crippen LogP contribution is 2.35. The summed E-state index contributed by atoms with van der Waals surface area (Å²) in [5.41, 5.74) is 3.01. The van der Waals surface area contributed by atoms with Crippen LogP contribution in [0.3, 0.4) is 0 Å². The van der Waals surface area contributed by atoms with Crippen molar-refractivity contribution in [1.29, 1.82) is 0 Å². The number of nitrogens with zero attached hydrogens (tertiary/aromatic N) is 3. The molecule has 1 saturated heterocycles. The molecule has 8 nitrogen and oxygen atoms in total. The molecule has 1 aliphatic heterocycles. The van der Waals surface area contributed by atoms with Crippen LogP contribution in [-0.2, 0) is 10.0 Å². The summed E-state index contributed by atoms with van der Waals surface area (Å²) in [6, 6.07) is 15.9. The molecule has 0 atom stereocenters. The molecule has 0 bridgehead atoms. The lowest BCUT2D eigenvalue weighted by atomic mass is 10.0. The van der Waals surface area contributed by atoms with Crippen LogP contribution in [-0.4, -0.2) is 64.8 Å². The zero-order valence-electron chi connectivity index (χ0n) is 18.0. The molecule has 1 fully saturated rings. The molecule has 0 unspecified atom stereocenters. The third-order valence-electron chi connectivity index (χ3n) is 5.97. The Morgan fingerprint density at radius 1 is 0.941 bits per heavy atom. The lowest BCUT2D eigenvalue weighted by Crippen LogP contribution is -2.50. The third kappa shape index (κ3) is 4.02. The minimum absolute atomic E-state index is 0.124. The molecule has 10 heteroatoms. The van der Waals surface area contributed by atoms with Gasteiger partial charge in [-0.1, -0.05) is 23.7 Å². The highest BCUT2D eigenvalue weighted by atomic mass is 35.5. The van der Waals surface area contributed by atoms with Gasteiger partial charge in [-0.2, -0.15) is 4.31 Å². The topological polar surface area (TPSA) is 107 Å². The monoisotopic (exact) mass is 496 g/mol. The van der Waals surface area contributed by atoms with Crippen molar-refractivity contribution in [1.82, 2.24) is 19.2 Å². The zero-order chi connectivity index (χ0) is 23.9. The van der Waals surface area contributed by atoms with Gasteiger partial charge in [-0.05, 0) is 53.6 Å². The van der Waals surface area contributed by atoms with Crippen molar-refractivity contribution >= 4 is 38.4 Å². The SMILES string of the molecule is O=C(c1ccc(-c2ccncc2)cc1)N1CCN(S(=O)(=O)c2[nH]c3ccc(Cl)cc3c2O)CC1. The standard InChI is InChI=1S/C24H21ClN4O4S/c25-19-5-6-21-20(15-19)22(30)23(27-21)34(32,33)29-13-11-28(12-14-29)24(31)18-3-1-16(2-4-18)17-7-9-26-10-8-17/h1-10,15,27,30H,11-14H2. The van der Waals surface area contributed by atoms with E-state index >= 15 is 0 Å². The Morgan fingerprint density at radius 3 is 2.26 bits per heavy atom. The zero-order valence-corrected chi connectivity index (χ0v) is 19.6. The van der Waals surface area contributed by atoms with Gasteiger partial charge in [0.05, 0.1) is 5.52 Å². The molecule has 1 aliphatic rings. The van der Waals surface area contributed by atoms with E-state index in [9.17, 15) is 18.3 Å². The second-order valence-corrected chi connectivity index (χ2v) is 10.3. The molecule has 2 N–H and O–H groups in total. The number of hydrogen-bond acceptors (Lipinski definition) is 5. The van der Waals surface area contributed by atoms with Gasteiger partial charge in [-0.15, -0.1) is 0 Å². The number of sulfonamides is 1. The van der Waals surface area contributed by atoms with Gasteiger partial charge >= 0.3 is 0 Å². The molecule has 0 radical (unpaired) electrons. The van der Waals surface area contributed by atoms with Crippen molar-refractivity contribution in [2.45, 2.75) is 5.03 Å². The number of carbonyl (C=O) groups excluding carboxylic acids is 1. The average Bonchev–Trinajstić information content (AvgIpc) is 3.20. The average molecular weight is 497 g/mol. The normalized spacial score (nSPS) is 15.0. The van der Waals surface area contributed by atoms with Gasteiger partial charge in [0.15, 0.2) is 10.8 Å². The van der Waals surface area contributed by atoms with Crippen molar-refractivity contribution in [3.63, 3.8) is 0 Å². The van der Waals surface area contributed by atoms with Crippen LogP contribution in [0.4, 0.5) is 0 Å². The van der Waals surface area contributed by atoms with Crippen LogP contribution in [0.1, 0.15) is 10.4 Å². The lowest BCUT2D eigenvalue weighted by Gasteiger charge is -2.33. The second-order valence-electron chi connectivity index (χ2n) is 8.00. The number of pyridine rings is 1. The first kappa shape index (κ1) is 22.4. The van der Waals surface area contributed by atoms with Gasteiger partial charge in [0.2, 0.25) is 0 Å². The molecule has 3 heterocycles. The minimum Gasteiger partial charge on any atom is -0.504 e. The summed E-state index contributed by atoms with van der Waals surface area (Å²) >= 11 is 5.97. The number of H-pyrrole nitrogens is 1. The van der Waals surface area contributed by atoms with E-state index < -0.39 is 10.0 Å². The molecular formula is C24H21ClN4O4S. The molecule has 0 aliphatic carbocycles. The van der Waals surface area contributed by atoms with E-state index in [0.717, 1.165) is 11.1 Å². The van der Waals surface area contributed by atoms with Crippen molar-refractivity contribution in [3.05, 3.63) is 77.6 Å². The molecule has 174 valence electrons. The Hall–Kier alpha value is -3.40. The van der Waals surface area contributed by atoms with Gasteiger partial charge < -0.3 is 15.0 Å². The number of fused-ring (bicyclic) bond motifs is 1.